The van der Waals surface area contributed by atoms with Crippen molar-refractivity contribution >= 4 is 29.0 Å². The highest BCUT2D eigenvalue weighted by atomic mass is 16.5. The number of Topliss-reactive ketones (excluding diaryl/α,β-unsaturated/α-hetero) is 1. The van der Waals surface area contributed by atoms with Gasteiger partial charge in [-0.15, -0.1) is 0 Å². The lowest BCUT2D eigenvalue weighted by atomic mass is 9.44. The minimum Gasteiger partial charge on any atom is -0.504 e. The highest BCUT2D eigenvalue weighted by Gasteiger charge is 2.66. The molecule has 1 N–H and O–H groups in total. The lowest BCUT2D eigenvalue weighted by Crippen LogP contribution is -2.58. The van der Waals surface area contributed by atoms with Gasteiger partial charge in [0.25, 0.3) is 0 Å². The normalized spacial score (nSPS) is 28.7. The first-order valence-electron chi connectivity index (χ1n) is 16.3. The zero-order chi connectivity index (χ0) is 32.2. The van der Waals surface area contributed by atoms with E-state index < -0.39 is 35.0 Å². The van der Waals surface area contributed by atoms with E-state index in [1.54, 1.807) is 18.2 Å². The van der Waals surface area contributed by atoms with Gasteiger partial charge >= 0.3 is 0 Å². The Morgan fingerprint density at radius 2 is 1.59 bits per heavy atom. The molecule has 1 aliphatic heterocycles. The van der Waals surface area contributed by atoms with Gasteiger partial charge in [-0.1, -0.05) is 91.4 Å². The first kappa shape index (κ1) is 29.9. The molecule has 2 fully saturated rings. The largest absolute Gasteiger partial charge is 0.504 e. The lowest BCUT2D eigenvalue weighted by Gasteiger charge is -2.55. The smallest absolute Gasteiger partial charge is 0.233 e. The van der Waals surface area contributed by atoms with Crippen LogP contribution < -0.4 is 4.74 Å². The van der Waals surface area contributed by atoms with E-state index >= 15 is 4.79 Å². The average Bonchev–Trinajstić information content (AvgIpc) is 3.32. The zero-order valence-electron chi connectivity index (χ0n) is 26.0. The van der Waals surface area contributed by atoms with Crippen LogP contribution in [0.25, 0.3) is 5.57 Å². The molecule has 3 aliphatic carbocycles. The van der Waals surface area contributed by atoms with Crippen LogP contribution in [0, 0.1) is 23.7 Å². The van der Waals surface area contributed by atoms with E-state index in [0.29, 0.717) is 48.3 Å². The third-order valence-corrected chi connectivity index (χ3v) is 10.6. The monoisotopic (exact) mass is 615 g/mol. The van der Waals surface area contributed by atoms with Crippen molar-refractivity contribution in [3.63, 3.8) is 0 Å². The Kier molecular flexibility index (Phi) is 7.50. The molecule has 46 heavy (non-hydrogen) atoms. The third kappa shape index (κ3) is 4.24. The molecule has 0 aromatic heterocycles. The number of hydrogen-bond donors (Lipinski definition) is 1. The summed E-state index contributed by atoms with van der Waals surface area (Å²) in [6, 6.07) is 23.8. The Labute approximate surface area is 268 Å². The number of nitrogens with zero attached hydrogens (tertiary/aromatic N) is 1. The maximum Gasteiger partial charge on any atom is 0.233 e. The number of para-hydroxylation sites is 1. The molecule has 6 unspecified atom stereocenters. The first-order valence-corrected chi connectivity index (χ1v) is 16.3. The molecule has 3 aromatic rings. The Bertz CT molecular complexity index is 1790. The number of ether oxygens (including phenoxy) is 1. The van der Waals surface area contributed by atoms with Crippen molar-refractivity contribution in [1.29, 1.82) is 0 Å². The molecule has 2 amide bonds. The summed E-state index contributed by atoms with van der Waals surface area (Å²) in [6.07, 6.45) is 4.74. The quantitative estimate of drug-likeness (QED) is 0.258. The minimum absolute atomic E-state index is 0.0911. The number of carbonyl (C=O) groups excluding carboxylic acids is 4. The number of aromatic hydroxyl groups is 1. The van der Waals surface area contributed by atoms with Crippen LogP contribution in [0.5, 0.6) is 11.5 Å². The topological polar surface area (TPSA) is 101 Å². The summed E-state index contributed by atoms with van der Waals surface area (Å²) in [5.74, 6) is -3.84. The van der Waals surface area contributed by atoms with Crippen LogP contribution in [0.3, 0.4) is 0 Å². The van der Waals surface area contributed by atoms with Gasteiger partial charge in [-0.2, -0.15) is 0 Å². The van der Waals surface area contributed by atoms with E-state index in [4.69, 9.17) is 4.74 Å². The van der Waals surface area contributed by atoms with E-state index in [0.717, 1.165) is 5.57 Å². The van der Waals surface area contributed by atoms with Crippen molar-refractivity contribution in [2.75, 3.05) is 13.2 Å². The molecule has 0 radical (unpaired) electrons. The van der Waals surface area contributed by atoms with Crippen LogP contribution in [0.4, 0.5) is 0 Å². The van der Waals surface area contributed by atoms with Crippen molar-refractivity contribution in [2.24, 2.45) is 23.7 Å². The summed E-state index contributed by atoms with van der Waals surface area (Å²) in [5.41, 5.74) is 1.56. The number of imide groups is 1. The Morgan fingerprint density at radius 3 is 2.28 bits per heavy atom. The Balaban J connectivity index is 1.51. The molecule has 1 saturated carbocycles. The van der Waals surface area contributed by atoms with Gasteiger partial charge in [0.05, 0.1) is 23.9 Å². The van der Waals surface area contributed by atoms with Gasteiger partial charge in [0, 0.05) is 29.5 Å². The summed E-state index contributed by atoms with van der Waals surface area (Å²) in [5, 5.41) is 11.8. The molecular formula is C39H37NO6. The van der Waals surface area contributed by atoms with E-state index in [1.165, 1.54) is 11.0 Å². The number of amides is 2. The fourth-order valence-corrected chi connectivity index (χ4v) is 8.77. The predicted molar refractivity (Wildman–Crippen MR) is 173 cm³/mol. The van der Waals surface area contributed by atoms with Crippen LogP contribution >= 0.6 is 0 Å². The van der Waals surface area contributed by atoms with Crippen molar-refractivity contribution < 1.29 is 29.0 Å². The molecule has 6 atom stereocenters. The molecular weight excluding hydrogens is 578 g/mol. The maximum absolute atomic E-state index is 15.0. The number of hydrogen-bond acceptors (Lipinski definition) is 6. The Hall–Kier alpha value is -4.78. The van der Waals surface area contributed by atoms with Gasteiger partial charge in [-0.25, -0.2) is 0 Å². The van der Waals surface area contributed by atoms with Gasteiger partial charge in [-0.3, -0.25) is 24.1 Å². The molecule has 4 aliphatic rings. The SMILES string of the molecule is CCCN1C(=O)C2CC=C3C(CC4C(=O)C(c5ccccc5)=CC(=O)C4(c4ccccc4)C3c3cccc(OCC)c3O)C2C1=O. The van der Waals surface area contributed by atoms with Gasteiger partial charge in [0.1, 0.15) is 0 Å². The van der Waals surface area contributed by atoms with E-state index in [-0.39, 0.29) is 41.3 Å². The molecule has 7 rings (SSSR count). The summed E-state index contributed by atoms with van der Waals surface area (Å²) >= 11 is 0. The molecule has 0 bridgehead atoms. The molecule has 0 spiro atoms. The van der Waals surface area contributed by atoms with Gasteiger partial charge < -0.3 is 9.84 Å². The second-order valence-corrected chi connectivity index (χ2v) is 12.7. The van der Waals surface area contributed by atoms with Crippen LogP contribution in [0.1, 0.15) is 55.7 Å². The zero-order valence-corrected chi connectivity index (χ0v) is 26.0. The van der Waals surface area contributed by atoms with Crippen LogP contribution in [0.2, 0.25) is 0 Å². The van der Waals surface area contributed by atoms with Crippen LogP contribution in [-0.4, -0.2) is 46.5 Å². The number of benzene rings is 3. The molecule has 3 aromatic carbocycles. The second kappa shape index (κ2) is 11.5. The van der Waals surface area contributed by atoms with E-state index in [1.807, 2.05) is 80.6 Å². The average molecular weight is 616 g/mol. The standard InChI is InChI=1S/C39H37NO6/c1-3-20-40-37(44)26-19-18-25-29(33(26)38(40)45)21-30-35(42)28(23-12-7-5-8-13-23)22-32(41)39(30,24-14-9-6-10-15-24)34(25)27-16-11-17-31(36(27)43)46-4-2/h5-18,22,26,29-30,33-34,43H,3-4,19-21H2,1-2H3. The number of carbonyl (C=O) groups is 4. The van der Waals surface area contributed by atoms with Crippen molar-refractivity contribution in [3.05, 3.63) is 113 Å². The molecule has 7 nitrogen and oxygen atoms in total. The number of ketones is 2. The maximum atomic E-state index is 15.0. The van der Waals surface area contributed by atoms with Gasteiger partial charge in [0.2, 0.25) is 11.8 Å². The summed E-state index contributed by atoms with van der Waals surface area (Å²) in [4.78, 5) is 58.9. The van der Waals surface area contributed by atoms with Gasteiger partial charge in [0.15, 0.2) is 23.1 Å². The van der Waals surface area contributed by atoms with Crippen molar-refractivity contribution in [3.8, 4) is 11.5 Å². The summed E-state index contributed by atoms with van der Waals surface area (Å²) in [6.45, 7) is 4.45. The fourth-order valence-electron chi connectivity index (χ4n) is 8.77. The number of phenols is 1. The van der Waals surface area contributed by atoms with E-state index in [2.05, 4.69) is 0 Å². The molecule has 1 saturated heterocycles. The molecule has 234 valence electrons. The molecule has 1 heterocycles. The summed E-state index contributed by atoms with van der Waals surface area (Å²) < 4.78 is 5.80. The predicted octanol–water partition coefficient (Wildman–Crippen LogP) is 6.03. The number of allylic oxidation sites excluding steroid dienone is 4. The van der Waals surface area contributed by atoms with E-state index in [9.17, 15) is 19.5 Å². The summed E-state index contributed by atoms with van der Waals surface area (Å²) in [7, 11) is 0. The Morgan fingerprint density at radius 1 is 0.870 bits per heavy atom. The minimum atomic E-state index is -1.40. The fraction of sp³-hybridized carbons (Fsp3) is 0.333. The van der Waals surface area contributed by atoms with Crippen molar-refractivity contribution in [1.82, 2.24) is 4.90 Å². The number of phenolic OH excluding ortho intramolecular Hbond substituents is 1. The lowest BCUT2D eigenvalue weighted by molar-refractivity contribution is -0.140. The highest BCUT2D eigenvalue weighted by molar-refractivity contribution is 6.31. The van der Waals surface area contributed by atoms with Crippen LogP contribution in [0.15, 0.2) is 96.6 Å². The van der Waals surface area contributed by atoms with Crippen LogP contribution in [-0.2, 0) is 24.6 Å². The van der Waals surface area contributed by atoms with Gasteiger partial charge in [-0.05, 0) is 55.4 Å². The third-order valence-electron chi connectivity index (χ3n) is 10.6. The van der Waals surface area contributed by atoms with Crippen molar-refractivity contribution in [2.45, 2.75) is 44.4 Å². The number of fused-ring (bicyclic) bond motifs is 4. The first-order chi connectivity index (χ1) is 22.3. The number of rotatable bonds is 7. The second-order valence-electron chi connectivity index (χ2n) is 12.7. The molecule has 7 heteroatoms. The highest BCUT2D eigenvalue weighted by Crippen LogP contribution is 2.64. The number of likely N-dealkylation sites (tertiary alicyclic amines) is 1.